The predicted molar refractivity (Wildman–Crippen MR) is 64.4 cm³/mol. The van der Waals surface area contributed by atoms with Gasteiger partial charge in [0, 0.05) is 0 Å². The summed E-state index contributed by atoms with van der Waals surface area (Å²) in [6.07, 6.45) is 1.53. The summed E-state index contributed by atoms with van der Waals surface area (Å²) in [5.41, 5.74) is 12.1. The Labute approximate surface area is 103 Å². The van der Waals surface area contributed by atoms with Crippen LogP contribution < -0.4 is 11.5 Å². The minimum Gasteiger partial charge on any atom is -0.394 e. The highest BCUT2D eigenvalue weighted by Crippen LogP contribution is 2.16. The maximum absolute atomic E-state index is 8.58. The van der Waals surface area contributed by atoms with Crippen LogP contribution in [0, 0.1) is 0 Å². The second-order valence-corrected chi connectivity index (χ2v) is 3.11. The molecule has 0 aliphatic heterocycles. The molecule has 0 spiro atoms. The average molecular weight is 261 g/mol. The number of imidazole rings is 1. The highest BCUT2D eigenvalue weighted by Gasteiger charge is 2.09. The lowest BCUT2D eigenvalue weighted by molar-refractivity contribution is 0.0499. The van der Waals surface area contributed by atoms with Crippen LogP contribution in [0.2, 0.25) is 0 Å². The van der Waals surface area contributed by atoms with Gasteiger partial charge >= 0.3 is 0 Å². The number of aromatic nitrogens is 4. The van der Waals surface area contributed by atoms with Crippen molar-refractivity contribution in [3.8, 4) is 0 Å². The maximum Gasteiger partial charge on any atom is 0.224 e. The van der Waals surface area contributed by atoms with Crippen LogP contribution in [0.1, 0.15) is 0 Å². The number of halogens is 1. The highest BCUT2D eigenvalue weighted by atomic mass is 35.5. The van der Waals surface area contributed by atoms with Crippen molar-refractivity contribution in [2.45, 2.75) is 6.73 Å². The van der Waals surface area contributed by atoms with Gasteiger partial charge in [-0.05, 0) is 0 Å². The lowest BCUT2D eigenvalue weighted by Crippen LogP contribution is -2.07. The SMILES string of the molecule is Cl.Nc1nc(N)c2ncn(COCCO)c2n1. The zero-order valence-electron chi connectivity index (χ0n) is 8.91. The molecule has 0 atom stereocenters. The minimum atomic E-state index is -0.0358. The molecule has 5 N–H and O–H groups in total. The van der Waals surface area contributed by atoms with E-state index in [4.69, 9.17) is 21.3 Å². The quantitative estimate of drug-likeness (QED) is 0.626. The summed E-state index contributed by atoms with van der Waals surface area (Å²) in [4.78, 5) is 11.9. The standard InChI is InChI=1S/C8H12N6O2.ClH/c9-6-5-7(13-8(10)12-6)14(3-11-5)4-16-2-1-15;/h3,15H,1-2,4H2,(H4,9,10,12,13);1H. The third kappa shape index (κ3) is 2.73. The number of nitrogens with zero attached hydrogens (tertiary/aromatic N) is 4. The molecule has 2 heterocycles. The predicted octanol–water partition coefficient (Wildman–Crippen LogP) is -0.621. The van der Waals surface area contributed by atoms with Crippen LogP contribution in [0.3, 0.4) is 0 Å². The number of hydrogen-bond acceptors (Lipinski definition) is 7. The fourth-order valence-electron chi connectivity index (χ4n) is 1.31. The van der Waals surface area contributed by atoms with Gasteiger partial charge in [-0.1, -0.05) is 0 Å². The highest BCUT2D eigenvalue weighted by molar-refractivity contribution is 5.85. The number of anilines is 2. The van der Waals surface area contributed by atoms with Gasteiger partial charge in [-0.15, -0.1) is 12.4 Å². The van der Waals surface area contributed by atoms with Crippen molar-refractivity contribution in [3.05, 3.63) is 6.33 Å². The molecule has 2 aromatic heterocycles. The molecule has 2 aromatic rings. The van der Waals surface area contributed by atoms with E-state index in [0.29, 0.717) is 11.2 Å². The van der Waals surface area contributed by atoms with E-state index < -0.39 is 0 Å². The monoisotopic (exact) mass is 260 g/mol. The molecule has 0 radical (unpaired) electrons. The summed E-state index contributed by atoms with van der Waals surface area (Å²) < 4.78 is 6.78. The Morgan fingerprint density at radius 1 is 1.35 bits per heavy atom. The summed E-state index contributed by atoms with van der Waals surface area (Å²) in [7, 11) is 0. The number of rotatable bonds is 4. The van der Waals surface area contributed by atoms with E-state index in [9.17, 15) is 0 Å². The zero-order chi connectivity index (χ0) is 11.5. The number of aliphatic hydroxyl groups excluding tert-OH is 1. The normalized spacial score (nSPS) is 10.4. The number of ether oxygens (including phenoxy) is 1. The van der Waals surface area contributed by atoms with Gasteiger partial charge < -0.3 is 21.3 Å². The number of aliphatic hydroxyl groups is 1. The summed E-state index contributed by atoms with van der Waals surface area (Å²) in [5, 5.41) is 8.58. The molecule has 0 unspecified atom stereocenters. The van der Waals surface area contributed by atoms with Crippen LogP contribution in [0.15, 0.2) is 6.33 Å². The molecule has 0 aromatic carbocycles. The third-order valence-corrected chi connectivity index (χ3v) is 1.97. The third-order valence-electron chi connectivity index (χ3n) is 1.97. The van der Waals surface area contributed by atoms with E-state index >= 15 is 0 Å². The van der Waals surface area contributed by atoms with Crippen molar-refractivity contribution in [2.24, 2.45) is 0 Å². The molecule has 0 bridgehead atoms. The Morgan fingerprint density at radius 2 is 2.12 bits per heavy atom. The van der Waals surface area contributed by atoms with E-state index in [0.717, 1.165) is 0 Å². The first-order valence-corrected chi connectivity index (χ1v) is 4.65. The van der Waals surface area contributed by atoms with Gasteiger partial charge in [-0.3, -0.25) is 4.57 Å². The molecule has 0 saturated carbocycles. The molecular weight excluding hydrogens is 248 g/mol. The van der Waals surface area contributed by atoms with Crippen molar-refractivity contribution in [1.82, 2.24) is 19.5 Å². The Hall–Kier alpha value is -1.64. The van der Waals surface area contributed by atoms with Crippen LogP contribution in [-0.2, 0) is 11.5 Å². The Bertz CT molecular complexity index is 502. The van der Waals surface area contributed by atoms with Gasteiger partial charge in [0.2, 0.25) is 5.95 Å². The fourth-order valence-corrected chi connectivity index (χ4v) is 1.31. The lowest BCUT2D eigenvalue weighted by atomic mass is 10.5. The fraction of sp³-hybridized carbons (Fsp3) is 0.375. The second-order valence-electron chi connectivity index (χ2n) is 3.11. The van der Waals surface area contributed by atoms with E-state index in [-0.39, 0.29) is 44.1 Å². The molecule has 0 aliphatic rings. The van der Waals surface area contributed by atoms with Crippen molar-refractivity contribution in [3.63, 3.8) is 0 Å². The number of hydrogen-bond donors (Lipinski definition) is 3. The van der Waals surface area contributed by atoms with Crippen molar-refractivity contribution >= 4 is 35.3 Å². The molecular formula is C8H13ClN6O2. The van der Waals surface area contributed by atoms with Crippen LogP contribution in [-0.4, -0.2) is 37.8 Å². The molecule has 0 saturated heterocycles. The smallest absolute Gasteiger partial charge is 0.224 e. The second kappa shape index (κ2) is 5.62. The van der Waals surface area contributed by atoms with Crippen molar-refractivity contribution < 1.29 is 9.84 Å². The maximum atomic E-state index is 8.58. The van der Waals surface area contributed by atoms with E-state index in [2.05, 4.69) is 15.0 Å². The van der Waals surface area contributed by atoms with E-state index in [1.807, 2.05) is 0 Å². The summed E-state index contributed by atoms with van der Waals surface area (Å²) in [6.45, 7) is 0.439. The van der Waals surface area contributed by atoms with Gasteiger partial charge in [0.15, 0.2) is 11.5 Å². The molecule has 17 heavy (non-hydrogen) atoms. The molecule has 2 rings (SSSR count). The van der Waals surface area contributed by atoms with Crippen LogP contribution in [0.5, 0.6) is 0 Å². The molecule has 0 aliphatic carbocycles. The number of nitrogens with two attached hydrogens (primary N) is 2. The van der Waals surface area contributed by atoms with Gasteiger partial charge in [0.05, 0.1) is 19.5 Å². The first-order valence-electron chi connectivity index (χ1n) is 4.65. The van der Waals surface area contributed by atoms with Crippen molar-refractivity contribution in [2.75, 3.05) is 24.7 Å². The number of fused-ring (bicyclic) bond motifs is 1. The first kappa shape index (κ1) is 13.4. The van der Waals surface area contributed by atoms with E-state index in [1.165, 1.54) is 6.33 Å². The summed E-state index contributed by atoms with van der Waals surface area (Å²) >= 11 is 0. The summed E-state index contributed by atoms with van der Waals surface area (Å²) in [5.74, 6) is 0.331. The topological polar surface area (TPSA) is 125 Å². The molecule has 0 fully saturated rings. The minimum absolute atomic E-state index is 0. The molecule has 0 amide bonds. The molecule has 9 heteroatoms. The lowest BCUT2D eigenvalue weighted by Gasteiger charge is -2.04. The van der Waals surface area contributed by atoms with Gasteiger partial charge in [-0.25, -0.2) is 4.98 Å². The zero-order valence-corrected chi connectivity index (χ0v) is 9.72. The Balaban J connectivity index is 0.00000144. The van der Waals surface area contributed by atoms with Crippen LogP contribution >= 0.6 is 12.4 Å². The van der Waals surface area contributed by atoms with Gasteiger partial charge in [0.1, 0.15) is 12.2 Å². The van der Waals surface area contributed by atoms with Gasteiger partial charge in [-0.2, -0.15) is 9.97 Å². The number of nitrogen functional groups attached to an aromatic ring is 2. The Morgan fingerprint density at radius 3 is 2.82 bits per heavy atom. The van der Waals surface area contributed by atoms with Crippen molar-refractivity contribution in [1.29, 1.82) is 0 Å². The first-order chi connectivity index (χ1) is 7.72. The molecule has 94 valence electrons. The molecule has 8 nitrogen and oxygen atoms in total. The largest absolute Gasteiger partial charge is 0.394 e. The van der Waals surface area contributed by atoms with Crippen LogP contribution in [0.4, 0.5) is 11.8 Å². The average Bonchev–Trinajstić information content (AvgIpc) is 2.62. The summed E-state index contributed by atoms with van der Waals surface area (Å²) in [6, 6.07) is 0. The van der Waals surface area contributed by atoms with E-state index in [1.54, 1.807) is 4.57 Å². The van der Waals surface area contributed by atoms with Crippen LogP contribution in [0.25, 0.3) is 11.2 Å². The van der Waals surface area contributed by atoms with Gasteiger partial charge in [0.25, 0.3) is 0 Å². The Kier molecular flexibility index (Phi) is 4.44.